The Morgan fingerprint density at radius 1 is 1.12 bits per heavy atom. The van der Waals surface area contributed by atoms with E-state index in [1.54, 1.807) is 37.4 Å². The van der Waals surface area contributed by atoms with Crippen molar-refractivity contribution in [2.24, 2.45) is 5.73 Å². The van der Waals surface area contributed by atoms with Crippen LogP contribution in [0.4, 0.5) is 0 Å². The summed E-state index contributed by atoms with van der Waals surface area (Å²) in [6, 6.07) is 18.0. The van der Waals surface area contributed by atoms with E-state index in [-0.39, 0.29) is 27.1 Å². The van der Waals surface area contributed by atoms with Crippen LogP contribution in [0, 0.1) is 11.3 Å². The molecule has 10 heteroatoms. The van der Waals surface area contributed by atoms with Gasteiger partial charge in [0.05, 0.1) is 29.7 Å². The lowest BCUT2D eigenvalue weighted by molar-refractivity contribution is 0.0740. The third-order valence-electron chi connectivity index (χ3n) is 6.72. The van der Waals surface area contributed by atoms with Gasteiger partial charge < -0.3 is 24.7 Å². The van der Waals surface area contributed by atoms with Crippen molar-refractivity contribution in [2.45, 2.75) is 32.1 Å². The van der Waals surface area contributed by atoms with Gasteiger partial charge in [-0.1, -0.05) is 61.2 Å². The number of nitrogens with two attached hydrogens (primary N) is 1. The van der Waals surface area contributed by atoms with Gasteiger partial charge in [0.2, 0.25) is 5.88 Å². The molecule has 1 aromatic heterocycles. The van der Waals surface area contributed by atoms with Crippen LogP contribution in [0.3, 0.4) is 0 Å². The first-order valence-corrected chi connectivity index (χ1v) is 14.5. The van der Waals surface area contributed by atoms with Gasteiger partial charge in [-0.25, -0.2) is 4.79 Å². The molecule has 1 aliphatic heterocycles. The Bertz CT molecular complexity index is 1710. The van der Waals surface area contributed by atoms with Gasteiger partial charge in [-0.2, -0.15) is 5.26 Å². The summed E-state index contributed by atoms with van der Waals surface area (Å²) in [7, 11) is 1.57. The molecule has 0 fully saturated rings. The number of rotatable bonds is 9. The molecular weight excluding hydrogens is 583 g/mol. The third kappa shape index (κ3) is 5.66. The highest BCUT2D eigenvalue weighted by Gasteiger charge is 2.32. The molecule has 1 aliphatic rings. The van der Waals surface area contributed by atoms with Gasteiger partial charge in [0.1, 0.15) is 28.0 Å². The number of methoxy groups -OCH3 is 1. The number of halogens is 2. The normalized spacial score (nSPS) is 14.3. The second-order valence-electron chi connectivity index (χ2n) is 9.34. The summed E-state index contributed by atoms with van der Waals surface area (Å²) in [4.78, 5) is 13.3. The monoisotopic (exact) mass is 608 g/mol. The van der Waals surface area contributed by atoms with Crippen molar-refractivity contribution < 1.29 is 23.7 Å². The lowest BCUT2D eigenvalue weighted by Gasteiger charge is -2.27. The van der Waals surface area contributed by atoms with Crippen LogP contribution in [-0.2, 0) is 0 Å². The minimum atomic E-state index is -0.625. The van der Waals surface area contributed by atoms with Crippen molar-refractivity contribution in [1.82, 2.24) is 0 Å². The summed E-state index contributed by atoms with van der Waals surface area (Å²) in [6.45, 7) is 2.72. The molecule has 0 amide bonds. The molecule has 0 bridgehead atoms. The second kappa shape index (κ2) is 12.3. The molecule has 5 rings (SSSR count). The molecular formula is C31H26Cl2N2O5S. The molecule has 210 valence electrons. The fourth-order valence-electron chi connectivity index (χ4n) is 4.71. The Kier molecular flexibility index (Phi) is 8.60. The molecule has 0 aliphatic carbocycles. The average Bonchev–Trinajstić information content (AvgIpc) is 3.32. The zero-order valence-electron chi connectivity index (χ0n) is 22.3. The molecule has 0 saturated carbocycles. The zero-order chi connectivity index (χ0) is 29.1. The lowest BCUT2D eigenvalue weighted by atomic mass is 9.83. The molecule has 1 atom stereocenters. The maximum atomic E-state index is 13.1. The van der Waals surface area contributed by atoms with Crippen LogP contribution in [-0.4, -0.2) is 19.7 Å². The number of carbonyl (C=O) groups excluding carboxylic acids is 1. The number of nitriles is 1. The summed E-state index contributed by atoms with van der Waals surface area (Å²) in [5.74, 6) is 0.576. The first-order valence-electron chi connectivity index (χ1n) is 13.0. The quantitative estimate of drug-likeness (QED) is 0.116. The van der Waals surface area contributed by atoms with Gasteiger partial charge in [-0.3, -0.25) is 0 Å². The fourth-order valence-corrected chi connectivity index (χ4v) is 6.54. The molecule has 41 heavy (non-hydrogen) atoms. The largest absolute Gasteiger partial charge is 0.493 e. The standard InChI is InChI=1S/C31H26Cl2N2O5S/c1-3-4-5-13-38-22-12-9-17(14-24(22)37-2)26-19-11-10-18(15-23(19)40-30(35)20(26)16-34)39-31(36)29-28(33)27-21(32)7-6-8-25(27)41-29/h6-12,14-15,26H,3-5,13,35H2,1-2H3. The van der Waals surface area contributed by atoms with E-state index >= 15 is 0 Å². The minimum Gasteiger partial charge on any atom is -0.493 e. The first-order chi connectivity index (χ1) is 19.9. The van der Waals surface area contributed by atoms with Crippen LogP contribution in [0.2, 0.25) is 10.0 Å². The van der Waals surface area contributed by atoms with E-state index in [1.165, 1.54) is 11.3 Å². The molecule has 3 aromatic carbocycles. The number of allylic oxidation sites excluding steroid dienone is 1. The second-order valence-corrected chi connectivity index (χ2v) is 11.2. The van der Waals surface area contributed by atoms with Gasteiger partial charge in [-0.15, -0.1) is 11.3 Å². The summed E-state index contributed by atoms with van der Waals surface area (Å²) in [6.07, 6.45) is 3.13. The Hall–Kier alpha value is -3.90. The first kappa shape index (κ1) is 28.6. The van der Waals surface area contributed by atoms with E-state index in [0.29, 0.717) is 39.8 Å². The highest BCUT2D eigenvalue weighted by Crippen LogP contribution is 2.46. The summed E-state index contributed by atoms with van der Waals surface area (Å²) < 4.78 is 23.8. The van der Waals surface area contributed by atoms with Crippen molar-refractivity contribution >= 4 is 50.6 Å². The SMILES string of the molecule is CCCCCOc1ccc(C2C(C#N)=C(N)Oc3cc(OC(=O)c4sc5cccc(Cl)c5c4Cl)ccc32)cc1OC. The third-order valence-corrected chi connectivity index (χ3v) is 8.66. The van der Waals surface area contributed by atoms with Gasteiger partial charge in [0, 0.05) is 21.7 Å². The number of hydrogen-bond donors (Lipinski definition) is 1. The highest BCUT2D eigenvalue weighted by molar-refractivity contribution is 7.21. The number of benzene rings is 3. The summed E-state index contributed by atoms with van der Waals surface area (Å²) in [5.41, 5.74) is 7.90. The Labute approximate surface area is 251 Å². The van der Waals surface area contributed by atoms with Gasteiger partial charge in [0.15, 0.2) is 11.5 Å². The molecule has 0 saturated heterocycles. The Balaban J connectivity index is 1.44. The molecule has 1 unspecified atom stereocenters. The smallest absolute Gasteiger partial charge is 0.355 e. The predicted molar refractivity (Wildman–Crippen MR) is 161 cm³/mol. The Morgan fingerprint density at radius 3 is 2.68 bits per heavy atom. The number of esters is 1. The van der Waals surface area contributed by atoms with Crippen LogP contribution in [0.25, 0.3) is 10.1 Å². The van der Waals surface area contributed by atoms with Crippen molar-refractivity contribution in [3.8, 4) is 29.1 Å². The maximum absolute atomic E-state index is 13.1. The topological polar surface area (TPSA) is 104 Å². The molecule has 2 N–H and O–H groups in total. The van der Waals surface area contributed by atoms with Crippen molar-refractivity contribution in [3.05, 3.63) is 92.1 Å². The number of carbonyl (C=O) groups is 1. The van der Waals surface area contributed by atoms with Crippen LogP contribution >= 0.6 is 34.5 Å². The maximum Gasteiger partial charge on any atom is 0.355 e. The van der Waals surface area contributed by atoms with Crippen molar-refractivity contribution in [2.75, 3.05) is 13.7 Å². The van der Waals surface area contributed by atoms with Gasteiger partial charge in [-0.05, 0) is 42.3 Å². The van der Waals surface area contributed by atoms with E-state index in [1.807, 2.05) is 24.3 Å². The van der Waals surface area contributed by atoms with Crippen LogP contribution in [0.5, 0.6) is 23.0 Å². The molecule has 4 aromatic rings. The number of unbranched alkanes of at least 4 members (excludes halogenated alkanes) is 2. The summed E-state index contributed by atoms with van der Waals surface area (Å²) in [5, 5.41) is 11.3. The van der Waals surface area contributed by atoms with Gasteiger partial charge in [0.25, 0.3) is 0 Å². The molecule has 0 spiro atoms. The van der Waals surface area contributed by atoms with Crippen molar-refractivity contribution in [3.63, 3.8) is 0 Å². The van der Waals surface area contributed by atoms with E-state index < -0.39 is 11.9 Å². The fraction of sp³-hybridized carbons (Fsp3) is 0.226. The Morgan fingerprint density at radius 2 is 1.95 bits per heavy atom. The van der Waals surface area contributed by atoms with Crippen LogP contribution < -0.4 is 24.7 Å². The number of ether oxygens (including phenoxy) is 4. The van der Waals surface area contributed by atoms with Crippen molar-refractivity contribution in [1.29, 1.82) is 5.26 Å². The number of nitrogens with zero attached hydrogens (tertiary/aromatic N) is 1. The summed E-state index contributed by atoms with van der Waals surface area (Å²) >= 11 is 14.0. The lowest BCUT2D eigenvalue weighted by Crippen LogP contribution is -2.21. The molecule has 2 heterocycles. The van der Waals surface area contributed by atoms with E-state index in [4.69, 9.17) is 47.9 Å². The molecule has 0 radical (unpaired) electrons. The van der Waals surface area contributed by atoms with Crippen LogP contribution in [0.15, 0.2) is 66.1 Å². The average molecular weight is 610 g/mol. The molecule has 7 nitrogen and oxygen atoms in total. The highest BCUT2D eigenvalue weighted by atomic mass is 35.5. The van der Waals surface area contributed by atoms with Crippen LogP contribution in [0.1, 0.15) is 52.9 Å². The number of fused-ring (bicyclic) bond motifs is 2. The minimum absolute atomic E-state index is 0.0328. The number of hydrogen-bond acceptors (Lipinski definition) is 8. The van der Waals surface area contributed by atoms with Gasteiger partial charge >= 0.3 is 5.97 Å². The zero-order valence-corrected chi connectivity index (χ0v) is 24.7. The van der Waals surface area contributed by atoms with E-state index in [2.05, 4.69) is 13.0 Å². The predicted octanol–water partition coefficient (Wildman–Crippen LogP) is 8.22. The number of thiophene rings is 1. The van der Waals surface area contributed by atoms with E-state index in [0.717, 1.165) is 29.5 Å². The van der Waals surface area contributed by atoms with E-state index in [9.17, 15) is 10.1 Å².